The summed E-state index contributed by atoms with van der Waals surface area (Å²) in [7, 11) is 0. The van der Waals surface area contributed by atoms with Crippen molar-refractivity contribution in [3.05, 3.63) is 34.1 Å². The molecule has 1 N–H and O–H groups in total. The summed E-state index contributed by atoms with van der Waals surface area (Å²) in [4.78, 5) is 14.4. The number of hydrogen-bond donors (Lipinski definition) is 1. The minimum atomic E-state index is -0.415. The van der Waals surface area contributed by atoms with E-state index in [0.29, 0.717) is 22.6 Å². The molecule has 2 rings (SSSR count). The Bertz CT molecular complexity index is 475. The van der Waals surface area contributed by atoms with Crippen LogP contribution in [-0.4, -0.2) is 36.5 Å². The van der Waals surface area contributed by atoms with Gasteiger partial charge in [-0.1, -0.05) is 6.42 Å². The fraction of sp³-hybridized carbons (Fsp3) is 0.533. The van der Waals surface area contributed by atoms with Gasteiger partial charge >= 0.3 is 0 Å². The zero-order valence-corrected chi connectivity index (χ0v) is 13.2. The fourth-order valence-electron chi connectivity index (χ4n) is 2.47. The molecule has 1 unspecified atom stereocenters. The maximum atomic E-state index is 13.4. The number of likely N-dealkylation sites (tertiary alicyclic amines) is 1. The lowest BCUT2D eigenvalue weighted by atomic mass is 10.1. The van der Waals surface area contributed by atoms with Gasteiger partial charge in [-0.25, -0.2) is 4.39 Å². The highest BCUT2D eigenvalue weighted by Gasteiger charge is 2.17. The van der Waals surface area contributed by atoms with Crippen LogP contribution in [0.4, 0.5) is 4.39 Å². The Morgan fingerprint density at radius 3 is 2.75 bits per heavy atom. The Hall–Kier alpha value is -0.940. The van der Waals surface area contributed by atoms with Crippen molar-refractivity contribution in [1.82, 2.24) is 10.2 Å². The van der Waals surface area contributed by atoms with E-state index in [1.165, 1.54) is 25.3 Å². The Morgan fingerprint density at radius 1 is 1.40 bits per heavy atom. The molecule has 0 radical (unpaired) electrons. The second-order valence-corrected chi connectivity index (χ2v) is 6.14. The highest BCUT2D eigenvalue weighted by atomic mass is 79.9. The van der Waals surface area contributed by atoms with E-state index in [4.69, 9.17) is 0 Å². The summed E-state index contributed by atoms with van der Waals surface area (Å²) in [6, 6.07) is 4.75. The quantitative estimate of drug-likeness (QED) is 0.911. The minimum absolute atomic E-state index is 0.222. The van der Waals surface area contributed by atoms with Crippen molar-refractivity contribution in [3.63, 3.8) is 0 Å². The van der Waals surface area contributed by atoms with E-state index in [9.17, 15) is 9.18 Å². The molecule has 0 bridgehead atoms. The largest absolute Gasteiger partial charge is 0.350 e. The lowest BCUT2D eigenvalue weighted by Gasteiger charge is -2.32. The van der Waals surface area contributed by atoms with Gasteiger partial charge in [0.1, 0.15) is 5.82 Å². The van der Waals surface area contributed by atoms with Gasteiger partial charge < -0.3 is 5.32 Å². The SMILES string of the molecule is CC(CNC(=O)c1ccc(Br)c(F)c1)N1CCCCC1. The third kappa shape index (κ3) is 4.03. The van der Waals surface area contributed by atoms with Crippen molar-refractivity contribution in [2.75, 3.05) is 19.6 Å². The predicted molar refractivity (Wildman–Crippen MR) is 81.3 cm³/mol. The molecule has 110 valence electrons. The molecule has 1 amide bonds. The first-order valence-electron chi connectivity index (χ1n) is 7.05. The second kappa shape index (κ2) is 7.18. The number of hydrogen-bond acceptors (Lipinski definition) is 2. The van der Waals surface area contributed by atoms with E-state index in [1.54, 1.807) is 12.1 Å². The molecule has 1 fully saturated rings. The van der Waals surface area contributed by atoms with E-state index in [-0.39, 0.29) is 5.91 Å². The molecule has 1 aliphatic rings. The summed E-state index contributed by atoms with van der Waals surface area (Å²) in [6.45, 7) is 4.91. The van der Waals surface area contributed by atoms with Gasteiger partial charge in [-0.3, -0.25) is 9.69 Å². The summed E-state index contributed by atoms with van der Waals surface area (Å²) in [5, 5.41) is 2.88. The molecule has 0 aliphatic carbocycles. The average molecular weight is 343 g/mol. The Morgan fingerprint density at radius 2 is 2.10 bits per heavy atom. The molecule has 1 saturated heterocycles. The van der Waals surface area contributed by atoms with Crippen LogP contribution < -0.4 is 5.32 Å². The number of amides is 1. The standard InChI is InChI=1S/C15H20BrFN2O/c1-11(19-7-3-2-4-8-19)10-18-15(20)12-5-6-13(16)14(17)9-12/h5-6,9,11H,2-4,7-8,10H2,1H3,(H,18,20). The molecule has 20 heavy (non-hydrogen) atoms. The molecule has 0 saturated carbocycles. The zero-order chi connectivity index (χ0) is 14.5. The number of rotatable bonds is 4. The Labute approximate surface area is 127 Å². The summed E-state index contributed by atoms with van der Waals surface area (Å²) in [5.41, 5.74) is 0.358. The Balaban J connectivity index is 1.86. The molecule has 5 heteroatoms. The van der Waals surface area contributed by atoms with Gasteiger partial charge in [0.2, 0.25) is 0 Å². The van der Waals surface area contributed by atoms with E-state index >= 15 is 0 Å². The molecule has 3 nitrogen and oxygen atoms in total. The van der Waals surface area contributed by atoms with Crippen LogP contribution in [0.1, 0.15) is 36.5 Å². The van der Waals surface area contributed by atoms with E-state index < -0.39 is 5.82 Å². The Kier molecular flexibility index (Phi) is 5.54. The van der Waals surface area contributed by atoms with Crippen LogP contribution in [0.15, 0.2) is 22.7 Å². The van der Waals surface area contributed by atoms with Crippen LogP contribution in [0.5, 0.6) is 0 Å². The summed E-state index contributed by atoms with van der Waals surface area (Å²) < 4.78 is 13.8. The van der Waals surface area contributed by atoms with Gasteiger partial charge in [-0.05, 0) is 67.0 Å². The second-order valence-electron chi connectivity index (χ2n) is 5.28. The van der Waals surface area contributed by atoms with Crippen molar-refractivity contribution in [2.45, 2.75) is 32.2 Å². The zero-order valence-electron chi connectivity index (χ0n) is 11.7. The average Bonchev–Trinajstić information content (AvgIpc) is 2.48. The van der Waals surface area contributed by atoms with Gasteiger partial charge in [-0.2, -0.15) is 0 Å². The monoisotopic (exact) mass is 342 g/mol. The van der Waals surface area contributed by atoms with Gasteiger partial charge in [0.05, 0.1) is 4.47 Å². The van der Waals surface area contributed by atoms with Crippen molar-refractivity contribution in [2.24, 2.45) is 0 Å². The van der Waals surface area contributed by atoms with E-state index in [1.807, 2.05) is 0 Å². The van der Waals surface area contributed by atoms with E-state index in [2.05, 4.69) is 33.1 Å². The highest BCUT2D eigenvalue weighted by Crippen LogP contribution is 2.16. The number of benzene rings is 1. The van der Waals surface area contributed by atoms with Crippen LogP contribution in [0.2, 0.25) is 0 Å². The number of carbonyl (C=O) groups excluding carboxylic acids is 1. The third-order valence-electron chi connectivity index (χ3n) is 3.75. The number of nitrogens with one attached hydrogen (secondary N) is 1. The highest BCUT2D eigenvalue weighted by molar-refractivity contribution is 9.10. The van der Waals surface area contributed by atoms with Crippen LogP contribution in [-0.2, 0) is 0 Å². The van der Waals surface area contributed by atoms with Crippen molar-refractivity contribution in [3.8, 4) is 0 Å². The van der Waals surface area contributed by atoms with Crippen LogP contribution >= 0.6 is 15.9 Å². The first kappa shape index (κ1) is 15.4. The van der Waals surface area contributed by atoms with Gasteiger partial charge in [-0.15, -0.1) is 0 Å². The van der Waals surface area contributed by atoms with Crippen LogP contribution in [0, 0.1) is 5.82 Å². The molecule has 1 atom stereocenters. The fourth-order valence-corrected chi connectivity index (χ4v) is 2.71. The number of nitrogens with zero attached hydrogens (tertiary/aromatic N) is 1. The lowest BCUT2D eigenvalue weighted by Crippen LogP contribution is -2.44. The molecular formula is C15H20BrFN2O. The molecule has 0 aromatic heterocycles. The first-order valence-corrected chi connectivity index (χ1v) is 7.84. The van der Waals surface area contributed by atoms with Crippen molar-refractivity contribution in [1.29, 1.82) is 0 Å². The molecule has 1 aromatic carbocycles. The minimum Gasteiger partial charge on any atom is -0.350 e. The third-order valence-corrected chi connectivity index (χ3v) is 4.40. The summed E-state index contributed by atoms with van der Waals surface area (Å²) in [5.74, 6) is -0.637. The van der Waals surface area contributed by atoms with Gasteiger partial charge in [0.15, 0.2) is 0 Å². The first-order chi connectivity index (χ1) is 9.58. The smallest absolute Gasteiger partial charge is 0.251 e. The number of piperidine rings is 1. The van der Waals surface area contributed by atoms with Crippen molar-refractivity contribution >= 4 is 21.8 Å². The maximum absolute atomic E-state index is 13.4. The normalized spacial score (nSPS) is 17.8. The van der Waals surface area contributed by atoms with Crippen LogP contribution in [0.25, 0.3) is 0 Å². The topological polar surface area (TPSA) is 32.3 Å². The van der Waals surface area contributed by atoms with Crippen molar-refractivity contribution < 1.29 is 9.18 Å². The number of carbonyl (C=O) groups is 1. The predicted octanol–water partition coefficient (Wildman–Crippen LogP) is 3.19. The number of halogens is 2. The van der Waals surface area contributed by atoms with E-state index in [0.717, 1.165) is 13.1 Å². The molecular weight excluding hydrogens is 323 g/mol. The molecule has 1 aromatic rings. The molecule has 1 heterocycles. The van der Waals surface area contributed by atoms with Crippen LogP contribution in [0.3, 0.4) is 0 Å². The molecule has 1 aliphatic heterocycles. The molecule has 0 spiro atoms. The lowest BCUT2D eigenvalue weighted by molar-refractivity contribution is 0.0929. The maximum Gasteiger partial charge on any atom is 0.251 e. The van der Waals surface area contributed by atoms with Gasteiger partial charge in [0, 0.05) is 18.2 Å². The summed E-state index contributed by atoms with van der Waals surface area (Å²) >= 11 is 3.08. The van der Waals surface area contributed by atoms with Gasteiger partial charge in [0.25, 0.3) is 5.91 Å². The summed E-state index contributed by atoms with van der Waals surface area (Å²) in [6.07, 6.45) is 3.76.